The van der Waals surface area contributed by atoms with Crippen molar-refractivity contribution in [1.82, 2.24) is 15.1 Å². The highest BCUT2D eigenvalue weighted by atomic mass is 16.6. The maximum atomic E-state index is 12.0. The summed E-state index contributed by atoms with van der Waals surface area (Å²) in [5, 5.41) is 3.02. The summed E-state index contributed by atoms with van der Waals surface area (Å²) in [6, 6.07) is 0.000379. The molecule has 20 heavy (non-hydrogen) atoms. The van der Waals surface area contributed by atoms with Gasteiger partial charge >= 0.3 is 12.1 Å². The second-order valence-corrected chi connectivity index (χ2v) is 5.51. The fourth-order valence-electron chi connectivity index (χ4n) is 2.86. The van der Waals surface area contributed by atoms with Crippen LogP contribution in [0.15, 0.2) is 0 Å². The lowest BCUT2D eigenvalue weighted by Gasteiger charge is -2.34. The van der Waals surface area contributed by atoms with Gasteiger partial charge in [-0.05, 0) is 25.7 Å². The van der Waals surface area contributed by atoms with Gasteiger partial charge in [0.2, 0.25) is 0 Å². The van der Waals surface area contributed by atoms with Gasteiger partial charge in [-0.3, -0.25) is 0 Å². The van der Waals surface area contributed by atoms with E-state index >= 15 is 0 Å². The predicted octanol–water partition coefficient (Wildman–Crippen LogP) is 1.66. The Balaban J connectivity index is 1.67. The third-order valence-electron chi connectivity index (χ3n) is 4.11. The molecular formula is C14H25N3O3. The molecule has 114 valence electrons. The van der Waals surface area contributed by atoms with Gasteiger partial charge in [0.1, 0.15) is 0 Å². The zero-order valence-corrected chi connectivity index (χ0v) is 12.3. The average Bonchev–Trinajstić information content (AvgIpc) is 2.98. The number of rotatable bonds is 3. The van der Waals surface area contributed by atoms with Crippen LogP contribution in [0.1, 0.15) is 32.6 Å². The monoisotopic (exact) mass is 283 g/mol. The van der Waals surface area contributed by atoms with Crippen molar-refractivity contribution >= 4 is 12.1 Å². The Morgan fingerprint density at radius 1 is 1.10 bits per heavy atom. The van der Waals surface area contributed by atoms with E-state index in [0.717, 1.165) is 6.54 Å². The molecule has 0 radical (unpaired) electrons. The number of nitrogens with one attached hydrogen (secondary N) is 1. The predicted molar refractivity (Wildman–Crippen MR) is 75.5 cm³/mol. The molecule has 0 spiro atoms. The molecule has 2 fully saturated rings. The summed E-state index contributed by atoms with van der Waals surface area (Å²) in [4.78, 5) is 27.0. The Labute approximate surface area is 120 Å². The quantitative estimate of drug-likeness (QED) is 0.857. The molecule has 6 heteroatoms. The summed E-state index contributed by atoms with van der Waals surface area (Å²) in [7, 11) is 0. The van der Waals surface area contributed by atoms with Crippen LogP contribution in [0, 0.1) is 5.92 Å². The van der Waals surface area contributed by atoms with Gasteiger partial charge in [-0.1, -0.05) is 12.8 Å². The molecule has 0 aromatic carbocycles. The van der Waals surface area contributed by atoms with Crippen LogP contribution in [0.2, 0.25) is 0 Å². The number of hydrogen-bond acceptors (Lipinski definition) is 3. The fourth-order valence-corrected chi connectivity index (χ4v) is 2.86. The molecule has 1 saturated carbocycles. The van der Waals surface area contributed by atoms with Gasteiger partial charge in [0, 0.05) is 32.7 Å². The third-order valence-corrected chi connectivity index (χ3v) is 4.11. The molecule has 0 unspecified atom stereocenters. The summed E-state index contributed by atoms with van der Waals surface area (Å²) >= 11 is 0. The van der Waals surface area contributed by atoms with E-state index in [2.05, 4.69) is 5.32 Å². The smallest absolute Gasteiger partial charge is 0.409 e. The van der Waals surface area contributed by atoms with Crippen molar-refractivity contribution in [1.29, 1.82) is 0 Å². The first-order valence-electron chi connectivity index (χ1n) is 7.65. The molecule has 6 nitrogen and oxygen atoms in total. The molecule has 0 aromatic rings. The molecule has 0 atom stereocenters. The Morgan fingerprint density at radius 3 is 2.30 bits per heavy atom. The van der Waals surface area contributed by atoms with Crippen LogP contribution in [0.4, 0.5) is 9.59 Å². The molecule has 1 N–H and O–H groups in total. The van der Waals surface area contributed by atoms with Gasteiger partial charge in [-0.25, -0.2) is 9.59 Å². The van der Waals surface area contributed by atoms with Crippen molar-refractivity contribution in [3.8, 4) is 0 Å². The van der Waals surface area contributed by atoms with Crippen LogP contribution >= 0.6 is 0 Å². The molecule has 1 saturated heterocycles. The van der Waals surface area contributed by atoms with Gasteiger partial charge in [0.15, 0.2) is 0 Å². The Bertz CT molecular complexity index is 335. The van der Waals surface area contributed by atoms with Crippen LogP contribution in [-0.4, -0.2) is 61.3 Å². The van der Waals surface area contributed by atoms with E-state index in [0.29, 0.717) is 38.7 Å². The Morgan fingerprint density at radius 2 is 1.70 bits per heavy atom. The molecule has 2 rings (SSSR count). The van der Waals surface area contributed by atoms with E-state index < -0.39 is 0 Å². The zero-order chi connectivity index (χ0) is 14.4. The van der Waals surface area contributed by atoms with Gasteiger partial charge in [0.25, 0.3) is 0 Å². The van der Waals surface area contributed by atoms with Gasteiger partial charge in [-0.15, -0.1) is 0 Å². The number of urea groups is 1. The highest BCUT2D eigenvalue weighted by Crippen LogP contribution is 2.23. The van der Waals surface area contributed by atoms with E-state index in [-0.39, 0.29) is 12.1 Å². The van der Waals surface area contributed by atoms with Crippen molar-refractivity contribution in [3.05, 3.63) is 0 Å². The van der Waals surface area contributed by atoms with E-state index in [1.54, 1.807) is 16.7 Å². The summed E-state index contributed by atoms with van der Waals surface area (Å²) < 4.78 is 4.96. The number of carbonyl (C=O) groups is 2. The van der Waals surface area contributed by atoms with Gasteiger partial charge < -0.3 is 19.9 Å². The third kappa shape index (κ3) is 4.02. The molecule has 1 aliphatic carbocycles. The second-order valence-electron chi connectivity index (χ2n) is 5.51. The summed E-state index contributed by atoms with van der Waals surface area (Å²) in [5.41, 5.74) is 0. The topological polar surface area (TPSA) is 61.9 Å². The number of nitrogens with zero attached hydrogens (tertiary/aromatic N) is 2. The molecule has 3 amide bonds. The zero-order valence-electron chi connectivity index (χ0n) is 12.3. The first kappa shape index (κ1) is 14.9. The Hall–Kier alpha value is -1.46. The maximum absolute atomic E-state index is 12.0. The van der Waals surface area contributed by atoms with Crippen molar-refractivity contribution < 1.29 is 14.3 Å². The lowest BCUT2D eigenvalue weighted by Crippen LogP contribution is -2.53. The number of amides is 3. The van der Waals surface area contributed by atoms with Crippen LogP contribution in [0.25, 0.3) is 0 Å². The minimum absolute atomic E-state index is 0.000379. The maximum Gasteiger partial charge on any atom is 0.409 e. The summed E-state index contributed by atoms with van der Waals surface area (Å²) in [6.45, 7) is 5.23. The molecule has 0 bridgehead atoms. The van der Waals surface area contributed by atoms with Gasteiger partial charge in [-0.2, -0.15) is 0 Å². The standard InChI is InChI=1S/C14H25N3O3/c1-2-20-14(19)17-9-7-16(8-10-17)13(18)15-11-12-5-3-4-6-12/h12H,2-11H2,1H3,(H,15,18). The highest BCUT2D eigenvalue weighted by Gasteiger charge is 2.25. The van der Waals surface area contributed by atoms with E-state index in [1.807, 2.05) is 0 Å². The van der Waals surface area contributed by atoms with Crippen molar-refractivity contribution in [3.63, 3.8) is 0 Å². The van der Waals surface area contributed by atoms with Crippen LogP contribution in [-0.2, 0) is 4.74 Å². The summed E-state index contributed by atoms with van der Waals surface area (Å²) in [5.74, 6) is 0.653. The number of ether oxygens (including phenoxy) is 1. The van der Waals surface area contributed by atoms with E-state index in [9.17, 15) is 9.59 Å². The second kappa shape index (κ2) is 7.36. The van der Waals surface area contributed by atoms with Crippen LogP contribution in [0.3, 0.4) is 0 Å². The fraction of sp³-hybridized carbons (Fsp3) is 0.857. The Kier molecular flexibility index (Phi) is 5.49. The molecule has 2 aliphatic rings. The van der Waals surface area contributed by atoms with Crippen LogP contribution < -0.4 is 5.32 Å². The molecule has 0 aromatic heterocycles. The van der Waals surface area contributed by atoms with Crippen molar-refractivity contribution in [2.45, 2.75) is 32.6 Å². The van der Waals surface area contributed by atoms with Crippen molar-refractivity contribution in [2.75, 3.05) is 39.3 Å². The number of hydrogen-bond donors (Lipinski definition) is 1. The number of piperazine rings is 1. The SMILES string of the molecule is CCOC(=O)N1CCN(C(=O)NCC2CCCC2)CC1. The average molecular weight is 283 g/mol. The van der Waals surface area contributed by atoms with Crippen molar-refractivity contribution in [2.24, 2.45) is 5.92 Å². The van der Waals surface area contributed by atoms with Gasteiger partial charge in [0.05, 0.1) is 6.61 Å². The highest BCUT2D eigenvalue weighted by molar-refractivity contribution is 5.75. The lowest BCUT2D eigenvalue weighted by atomic mass is 10.1. The first-order chi connectivity index (χ1) is 9.70. The normalized spacial score (nSPS) is 20.1. The van der Waals surface area contributed by atoms with E-state index in [4.69, 9.17) is 4.74 Å². The molecular weight excluding hydrogens is 258 g/mol. The molecule has 1 heterocycles. The minimum atomic E-state index is -0.279. The minimum Gasteiger partial charge on any atom is -0.450 e. The lowest BCUT2D eigenvalue weighted by molar-refractivity contribution is 0.0851. The molecule has 1 aliphatic heterocycles. The first-order valence-corrected chi connectivity index (χ1v) is 7.65. The number of carbonyl (C=O) groups excluding carboxylic acids is 2. The summed E-state index contributed by atoms with van der Waals surface area (Å²) in [6.07, 6.45) is 4.77. The largest absolute Gasteiger partial charge is 0.450 e. The van der Waals surface area contributed by atoms with Crippen LogP contribution in [0.5, 0.6) is 0 Å². The van der Waals surface area contributed by atoms with E-state index in [1.165, 1.54) is 25.7 Å².